The molecular weight excluding hydrogens is 232 g/mol. The maximum Gasteiger partial charge on any atom is 0.149 e. The zero-order valence-corrected chi connectivity index (χ0v) is 10.4. The smallest absolute Gasteiger partial charge is 0.149 e. The van der Waals surface area contributed by atoms with Gasteiger partial charge in [-0.25, -0.2) is 0 Å². The van der Waals surface area contributed by atoms with E-state index in [-0.39, 0.29) is 5.60 Å². The van der Waals surface area contributed by atoms with Crippen LogP contribution in [0.25, 0.3) is 0 Å². The van der Waals surface area contributed by atoms with Crippen LogP contribution in [0.1, 0.15) is 36.2 Å². The molecular formula is C10H15ClN2OS. The van der Waals surface area contributed by atoms with Gasteiger partial charge in [-0.3, -0.25) is 0 Å². The Kier molecular flexibility index (Phi) is 3.59. The van der Waals surface area contributed by atoms with Crippen LogP contribution in [-0.2, 0) is 16.8 Å². The van der Waals surface area contributed by atoms with Crippen LogP contribution in [0.2, 0.25) is 0 Å². The van der Waals surface area contributed by atoms with Gasteiger partial charge in [-0.15, -0.1) is 21.8 Å². The normalized spacial score (nSPS) is 26.0. The van der Waals surface area contributed by atoms with Crippen LogP contribution in [0, 0.1) is 0 Å². The summed E-state index contributed by atoms with van der Waals surface area (Å²) in [6.45, 7) is 2.94. The second-order valence-corrected chi connectivity index (χ2v) is 5.42. The van der Waals surface area contributed by atoms with Gasteiger partial charge in [-0.2, -0.15) is 0 Å². The fraction of sp³-hybridized carbons (Fsp3) is 0.800. The summed E-state index contributed by atoms with van der Waals surface area (Å²) >= 11 is 7.31. The fourth-order valence-electron chi connectivity index (χ4n) is 1.73. The van der Waals surface area contributed by atoms with Crippen molar-refractivity contribution in [3.63, 3.8) is 0 Å². The third-order valence-electron chi connectivity index (χ3n) is 2.66. The van der Waals surface area contributed by atoms with Crippen molar-refractivity contribution in [1.82, 2.24) is 10.2 Å². The molecule has 0 amide bonds. The van der Waals surface area contributed by atoms with Crippen molar-refractivity contribution >= 4 is 22.9 Å². The average Bonchev–Trinajstić information content (AvgIpc) is 2.84. The number of hydrogen-bond donors (Lipinski definition) is 0. The van der Waals surface area contributed by atoms with Crippen LogP contribution in [0.3, 0.4) is 0 Å². The van der Waals surface area contributed by atoms with E-state index in [9.17, 15) is 0 Å². The monoisotopic (exact) mass is 246 g/mol. The van der Waals surface area contributed by atoms with E-state index in [2.05, 4.69) is 17.1 Å². The Morgan fingerprint density at radius 3 is 3.07 bits per heavy atom. The molecule has 3 nitrogen and oxygen atoms in total. The quantitative estimate of drug-likeness (QED) is 0.767. The molecule has 1 aliphatic heterocycles. The van der Waals surface area contributed by atoms with Crippen molar-refractivity contribution in [2.24, 2.45) is 0 Å². The van der Waals surface area contributed by atoms with Crippen molar-refractivity contribution in [1.29, 1.82) is 0 Å². The van der Waals surface area contributed by atoms with Crippen LogP contribution in [0.15, 0.2) is 0 Å². The molecule has 1 saturated heterocycles. The van der Waals surface area contributed by atoms with Crippen LogP contribution in [0.4, 0.5) is 0 Å². The lowest BCUT2D eigenvalue weighted by Gasteiger charge is -2.18. The summed E-state index contributed by atoms with van der Waals surface area (Å²) in [5, 5.41) is 10.5. The summed E-state index contributed by atoms with van der Waals surface area (Å²) in [7, 11) is 0. The number of halogens is 1. The van der Waals surface area contributed by atoms with Gasteiger partial charge in [0.25, 0.3) is 0 Å². The van der Waals surface area contributed by atoms with E-state index in [1.165, 1.54) is 0 Å². The number of hydrogen-bond acceptors (Lipinski definition) is 4. The average molecular weight is 247 g/mol. The summed E-state index contributed by atoms with van der Waals surface area (Å²) < 4.78 is 5.73. The molecule has 1 atom stereocenters. The van der Waals surface area contributed by atoms with E-state index in [0.29, 0.717) is 5.88 Å². The van der Waals surface area contributed by atoms with Crippen molar-refractivity contribution in [2.75, 3.05) is 12.5 Å². The molecule has 1 aliphatic rings. The summed E-state index contributed by atoms with van der Waals surface area (Å²) in [6, 6.07) is 0. The van der Waals surface area contributed by atoms with Crippen molar-refractivity contribution in [3.05, 3.63) is 10.0 Å². The SMILES string of the molecule is CC1(c2nnc(CCCCl)s2)CCCO1. The van der Waals surface area contributed by atoms with E-state index >= 15 is 0 Å². The standard InChI is InChI=1S/C10H15ClN2OS/c1-10(5-3-7-14-10)9-13-12-8(15-9)4-2-6-11/h2-7H2,1H3. The van der Waals surface area contributed by atoms with Gasteiger partial charge in [-0.1, -0.05) is 11.3 Å². The minimum absolute atomic E-state index is 0.184. The first kappa shape index (κ1) is 11.3. The highest BCUT2D eigenvalue weighted by molar-refractivity contribution is 7.11. The molecule has 2 rings (SSSR count). The molecule has 2 heterocycles. The molecule has 0 saturated carbocycles. The topological polar surface area (TPSA) is 35.0 Å². The molecule has 0 radical (unpaired) electrons. The molecule has 1 fully saturated rings. The molecule has 15 heavy (non-hydrogen) atoms. The van der Waals surface area contributed by atoms with Crippen LogP contribution in [-0.4, -0.2) is 22.7 Å². The zero-order chi connectivity index (χ0) is 10.7. The van der Waals surface area contributed by atoms with E-state index in [0.717, 1.165) is 42.3 Å². The Bertz CT molecular complexity index is 323. The van der Waals surface area contributed by atoms with Crippen molar-refractivity contribution in [2.45, 2.75) is 38.2 Å². The number of aryl methyl sites for hydroxylation is 1. The van der Waals surface area contributed by atoms with Crippen molar-refractivity contribution in [3.8, 4) is 0 Å². The van der Waals surface area contributed by atoms with Gasteiger partial charge in [-0.05, 0) is 26.2 Å². The van der Waals surface area contributed by atoms with Gasteiger partial charge < -0.3 is 4.74 Å². The maximum absolute atomic E-state index is 5.73. The van der Waals surface area contributed by atoms with E-state index in [1.54, 1.807) is 11.3 Å². The van der Waals surface area contributed by atoms with E-state index < -0.39 is 0 Å². The summed E-state index contributed by atoms with van der Waals surface area (Å²) in [4.78, 5) is 0. The number of aromatic nitrogens is 2. The van der Waals surface area contributed by atoms with Gasteiger partial charge in [0.15, 0.2) is 0 Å². The largest absolute Gasteiger partial charge is 0.368 e. The lowest BCUT2D eigenvalue weighted by molar-refractivity contribution is 0.0161. The Hall–Kier alpha value is -0.190. The molecule has 1 unspecified atom stereocenters. The summed E-state index contributed by atoms with van der Waals surface area (Å²) in [6.07, 6.45) is 4.06. The predicted octanol–water partition coefficient (Wildman–Crippen LogP) is 2.74. The summed E-state index contributed by atoms with van der Waals surface area (Å²) in [5.41, 5.74) is -0.184. The molecule has 0 spiro atoms. The minimum atomic E-state index is -0.184. The Morgan fingerprint density at radius 2 is 2.40 bits per heavy atom. The minimum Gasteiger partial charge on any atom is -0.368 e. The molecule has 84 valence electrons. The highest BCUT2D eigenvalue weighted by atomic mass is 35.5. The number of alkyl halides is 1. The molecule has 1 aromatic heterocycles. The first-order valence-electron chi connectivity index (χ1n) is 5.27. The molecule has 5 heteroatoms. The van der Waals surface area contributed by atoms with Gasteiger partial charge in [0.2, 0.25) is 0 Å². The number of ether oxygens (including phenoxy) is 1. The van der Waals surface area contributed by atoms with Gasteiger partial charge in [0.05, 0.1) is 0 Å². The van der Waals surface area contributed by atoms with Gasteiger partial charge in [0.1, 0.15) is 15.6 Å². The fourth-order valence-corrected chi connectivity index (χ4v) is 2.88. The first-order valence-corrected chi connectivity index (χ1v) is 6.62. The number of rotatable bonds is 4. The molecule has 0 bridgehead atoms. The van der Waals surface area contributed by atoms with E-state index in [1.807, 2.05) is 0 Å². The molecule has 1 aromatic rings. The Balaban J connectivity index is 2.05. The number of nitrogens with zero attached hydrogens (tertiary/aromatic N) is 2. The van der Waals surface area contributed by atoms with Crippen LogP contribution in [0.5, 0.6) is 0 Å². The molecule has 0 aliphatic carbocycles. The van der Waals surface area contributed by atoms with Gasteiger partial charge >= 0.3 is 0 Å². The highest BCUT2D eigenvalue weighted by Gasteiger charge is 2.35. The maximum atomic E-state index is 5.73. The second kappa shape index (κ2) is 4.76. The first-order chi connectivity index (χ1) is 7.24. The van der Waals surface area contributed by atoms with Gasteiger partial charge in [0, 0.05) is 18.9 Å². The third kappa shape index (κ3) is 2.49. The third-order valence-corrected chi connectivity index (χ3v) is 4.16. The Morgan fingerprint density at radius 1 is 1.53 bits per heavy atom. The zero-order valence-electron chi connectivity index (χ0n) is 8.83. The highest BCUT2D eigenvalue weighted by Crippen LogP contribution is 2.37. The lowest BCUT2D eigenvalue weighted by atomic mass is 10.0. The van der Waals surface area contributed by atoms with Crippen molar-refractivity contribution < 1.29 is 4.74 Å². The molecule has 0 N–H and O–H groups in total. The Labute approximate surface area is 98.8 Å². The van der Waals surface area contributed by atoms with Crippen LogP contribution < -0.4 is 0 Å². The predicted molar refractivity (Wildman–Crippen MR) is 61.5 cm³/mol. The lowest BCUT2D eigenvalue weighted by Crippen LogP contribution is -2.19. The summed E-state index contributed by atoms with van der Waals surface area (Å²) in [5.74, 6) is 0.683. The van der Waals surface area contributed by atoms with E-state index in [4.69, 9.17) is 16.3 Å². The molecule has 0 aromatic carbocycles. The van der Waals surface area contributed by atoms with Crippen LogP contribution >= 0.6 is 22.9 Å². The second-order valence-electron chi connectivity index (χ2n) is 3.98.